The minimum Gasteiger partial charge on any atom is -0.395 e. The molecule has 0 aliphatic heterocycles. The van der Waals surface area contributed by atoms with Crippen LogP contribution in [0.1, 0.15) is 18.9 Å². The van der Waals surface area contributed by atoms with E-state index in [9.17, 15) is 10.1 Å². The quantitative estimate of drug-likeness (QED) is 0.605. The van der Waals surface area contributed by atoms with Crippen LogP contribution in [0.15, 0.2) is 18.2 Å². The van der Waals surface area contributed by atoms with E-state index in [1.807, 2.05) is 6.92 Å². The molecule has 0 aliphatic carbocycles. The molecular weight excluding hydrogens is 244 g/mol. The van der Waals surface area contributed by atoms with Gasteiger partial charge < -0.3 is 10.4 Å². The van der Waals surface area contributed by atoms with E-state index in [0.29, 0.717) is 17.1 Å². The van der Waals surface area contributed by atoms with Crippen molar-refractivity contribution >= 4 is 17.3 Å². The second-order valence-corrected chi connectivity index (χ2v) is 4.11. The number of benzene rings is 1. The van der Waals surface area contributed by atoms with Gasteiger partial charge in [-0.1, -0.05) is 18.5 Å². The number of nitro benzene ring substituents is 1. The van der Waals surface area contributed by atoms with Crippen molar-refractivity contribution in [1.82, 2.24) is 5.32 Å². The highest BCUT2D eigenvalue weighted by atomic mass is 35.5. The SMILES string of the molecule is CCC(CO)NCc1cc([N+](=O)[O-])ccc1Cl. The van der Waals surface area contributed by atoms with Gasteiger partial charge in [-0.25, -0.2) is 0 Å². The van der Waals surface area contributed by atoms with Gasteiger partial charge in [0.05, 0.1) is 11.5 Å². The molecule has 1 rings (SSSR count). The minimum absolute atomic E-state index is 0.0169. The monoisotopic (exact) mass is 258 g/mol. The maximum absolute atomic E-state index is 10.6. The standard InChI is InChI=1S/C11H15ClN2O3/c1-2-9(7-15)13-6-8-5-10(14(16)17)3-4-11(8)12/h3-5,9,13,15H,2,6-7H2,1H3. The molecule has 1 aromatic carbocycles. The van der Waals surface area contributed by atoms with Gasteiger partial charge >= 0.3 is 0 Å². The lowest BCUT2D eigenvalue weighted by Gasteiger charge is -2.14. The fourth-order valence-corrected chi connectivity index (χ4v) is 1.59. The van der Waals surface area contributed by atoms with Crippen LogP contribution < -0.4 is 5.32 Å². The van der Waals surface area contributed by atoms with Crippen LogP contribution in [0.3, 0.4) is 0 Å². The molecule has 2 N–H and O–H groups in total. The Morgan fingerprint density at radius 2 is 2.29 bits per heavy atom. The maximum Gasteiger partial charge on any atom is 0.269 e. The number of non-ortho nitro benzene ring substituents is 1. The van der Waals surface area contributed by atoms with Crippen LogP contribution in [0.5, 0.6) is 0 Å². The number of nitrogens with zero attached hydrogens (tertiary/aromatic N) is 1. The van der Waals surface area contributed by atoms with E-state index in [1.165, 1.54) is 18.2 Å². The van der Waals surface area contributed by atoms with Crippen molar-refractivity contribution in [2.75, 3.05) is 6.61 Å². The Balaban J connectivity index is 2.75. The molecule has 0 radical (unpaired) electrons. The molecule has 6 heteroatoms. The Kier molecular flexibility index (Phi) is 5.34. The van der Waals surface area contributed by atoms with Crippen molar-refractivity contribution in [1.29, 1.82) is 0 Å². The van der Waals surface area contributed by atoms with Crippen LogP contribution in [-0.4, -0.2) is 22.7 Å². The van der Waals surface area contributed by atoms with Crippen molar-refractivity contribution < 1.29 is 10.0 Å². The van der Waals surface area contributed by atoms with Gasteiger partial charge in [-0.2, -0.15) is 0 Å². The van der Waals surface area contributed by atoms with Gasteiger partial charge in [-0.15, -0.1) is 0 Å². The summed E-state index contributed by atoms with van der Waals surface area (Å²) in [4.78, 5) is 10.2. The second-order valence-electron chi connectivity index (χ2n) is 3.70. The maximum atomic E-state index is 10.6. The number of halogens is 1. The van der Waals surface area contributed by atoms with E-state index in [1.54, 1.807) is 0 Å². The summed E-state index contributed by atoms with van der Waals surface area (Å²) in [6.45, 7) is 2.38. The minimum atomic E-state index is -0.455. The van der Waals surface area contributed by atoms with E-state index in [-0.39, 0.29) is 18.3 Å². The number of aliphatic hydroxyl groups excluding tert-OH is 1. The largest absolute Gasteiger partial charge is 0.395 e. The van der Waals surface area contributed by atoms with E-state index < -0.39 is 4.92 Å². The zero-order valence-corrected chi connectivity index (χ0v) is 10.3. The van der Waals surface area contributed by atoms with Crippen LogP contribution >= 0.6 is 11.6 Å². The Bertz CT molecular complexity index is 394. The molecule has 0 fully saturated rings. The van der Waals surface area contributed by atoms with Gasteiger partial charge in [0.2, 0.25) is 0 Å². The first kappa shape index (κ1) is 13.9. The average molecular weight is 259 g/mol. The number of rotatable bonds is 6. The summed E-state index contributed by atoms with van der Waals surface area (Å²) in [5.41, 5.74) is 0.677. The first-order valence-electron chi connectivity index (χ1n) is 5.35. The van der Waals surface area contributed by atoms with Crippen LogP contribution in [0.4, 0.5) is 5.69 Å². The summed E-state index contributed by atoms with van der Waals surface area (Å²) >= 11 is 5.95. The van der Waals surface area contributed by atoms with E-state index >= 15 is 0 Å². The number of aliphatic hydroxyl groups is 1. The first-order chi connectivity index (χ1) is 8.08. The second kappa shape index (κ2) is 6.54. The van der Waals surface area contributed by atoms with Gasteiger partial charge in [0, 0.05) is 29.7 Å². The molecule has 0 saturated heterocycles. The van der Waals surface area contributed by atoms with Crippen LogP contribution in [0.25, 0.3) is 0 Å². The molecule has 1 aromatic rings. The number of hydrogen-bond donors (Lipinski definition) is 2. The van der Waals surface area contributed by atoms with Crippen molar-refractivity contribution in [2.45, 2.75) is 25.9 Å². The lowest BCUT2D eigenvalue weighted by atomic mass is 10.1. The molecule has 17 heavy (non-hydrogen) atoms. The zero-order valence-electron chi connectivity index (χ0n) is 9.52. The number of nitrogens with one attached hydrogen (secondary N) is 1. The first-order valence-corrected chi connectivity index (χ1v) is 5.73. The van der Waals surface area contributed by atoms with Crippen molar-refractivity contribution in [3.8, 4) is 0 Å². The molecule has 0 amide bonds. The number of nitro groups is 1. The fraction of sp³-hybridized carbons (Fsp3) is 0.455. The molecule has 0 aromatic heterocycles. The highest BCUT2D eigenvalue weighted by molar-refractivity contribution is 6.31. The molecule has 0 spiro atoms. The van der Waals surface area contributed by atoms with Gasteiger partial charge in [0.1, 0.15) is 0 Å². The summed E-state index contributed by atoms with van der Waals surface area (Å²) in [6.07, 6.45) is 0.781. The molecule has 0 aliphatic rings. The summed E-state index contributed by atoms with van der Waals surface area (Å²) in [5, 5.41) is 23.2. The third-order valence-corrected chi connectivity index (χ3v) is 2.90. The third kappa shape index (κ3) is 3.96. The summed E-state index contributed by atoms with van der Waals surface area (Å²) < 4.78 is 0. The molecule has 1 atom stereocenters. The normalized spacial score (nSPS) is 12.4. The highest BCUT2D eigenvalue weighted by Crippen LogP contribution is 2.21. The molecule has 1 unspecified atom stereocenters. The van der Waals surface area contributed by atoms with Gasteiger partial charge in [0.25, 0.3) is 5.69 Å². The van der Waals surface area contributed by atoms with Crippen LogP contribution in [0, 0.1) is 10.1 Å². The molecule has 5 nitrogen and oxygen atoms in total. The van der Waals surface area contributed by atoms with Gasteiger partial charge in [-0.05, 0) is 18.1 Å². The van der Waals surface area contributed by atoms with E-state index in [4.69, 9.17) is 16.7 Å². The predicted octanol–water partition coefficient (Wildman–Crippen LogP) is 2.11. The Morgan fingerprint density at radius 1 is 1.59 bits per heavy atom. The Hall–Kier alpha value is -1.17. The summed E-state index contributed by atoms with van der Waals surface area (Å²) in [5.74, 6) is 0. The Morgan fingerprint density at radius 3 is 2.82 bits per heavy atom. The van der Waals surface area contributed by atoms with E-state index in [2.05, 4.69) is 5.32 Å². The van der Waals surface area contributed by atoms with E-state index in [0.717, 1.165) is 6.42 Å². The topological polar surface area (TPSA) is 75.4 Å². The highest BCUT2D eigenvalue weighted by Gasteiger charge is 2.11. The average Bonchev–Trinajstić information content (AvgIpc) is 2.32. The van der Waals surface area contributed by atoms with Crippen LogP contribution in [0.2, 0.25) is 5.02 Å². The molecular formula is C11H15ClN2O3. The molecule has 0 bridgehead atoms. The van der Waals surface area contributed by atoms with Crippen molar-refractivity contribution in [2.24, 2.45) is 0 Å². The third-order valence-electron chi connectivity index (χ3n) is 2.53. The van der Waals surface area contributed by atoms with Gasteiger partial charge in [0.15, 0.2) is 0 Å². The molecule has 0 heterocycles. The molecule has 0 saturated carbocycles. The predicted molar refractivity (Wildman–Crippen MR) is 66.1 cm³/mol. The lowest BCUT2D eigenvalue weighted by Crippen LogP contribution is -2.31. The number of hydrogen-bond acceptors (Lipinski definition) is 4. The van der Waals surface area contributed by atoms with Crippen LogP contribution in [-0.2, 0) is 6.54 Å². The molecule has 94 valence electrons. The van der Waals surface area contributed by atoms with Crippen molar-refractivity contribution in [3.05, 3.63) is 38.9 Å². The smallest absolute Gasteiger partial charge is 0.269 e. The summed E-state index contributed by atoms with van der Waals surface area (Å²) in [7, 11) is 0. The van der Waals surface area contributed by atoms with Crippen molar-refractivity contribution in [3.63, 3.8) is 0 Å². The fourth-order valence-electron chi connectivity index (χ4n) is 1.40. The Labute approximate surface area is 105 Å². The summed E-state index contributed by atoms with van der Waals surface area (Å²) in [6, 6.07) is 4.30. The lowest BCUT2D eigenvalue weighted by molar-refractivity contribution is -0.384. The van der Waals surface area contributed by atoms with Gasteiger partial charge in [-0.3, -0.25) is 10.1 Å². The zero-order chi connectivity index (χ0) is 12.8.